The zero-order valence-electron chi connectivity index (χ0n) is 16.6. The number of ether oxygens (including phenoxy) is 2. The Hall–Kier alpha value is -2.58. The number of hydrogen-bond donors (Lipinski definition) is 1. The van der Waals surface area contributed by atoms with Crippen LogP contribution in [0, 0.1) is 18.5 Å². The minimum Gasteiger partial charge on any atom is -0.493 e. The molecule has 0 bridgehead atoms. The number of halogens is 2. The van der Waals surface area contributed by atoms with E-state index in [9.17, 15) is 10.1 Å². The third kappa shape index (κ3) is 6.21. The van der Waals surface area contributed by atoms with Crippen LogP contribution < -0.4 is 14.8 Å². The van der Waals surface area contributed by atoms with Gasteiger partial charge in [0.25, 0.3) is 5.91 Å². The molecule has 0 aliphatic heterocycles. The summed E-state index contributed by atoms with van der Waals surface area (Å²) in [5.74, 6) is 0.681. The second-order valence-corrected chi connectivity index (χ2v) is 8.74. The predicted molar refractivity (Wildman–Crippen MR) is 138 cm³/mol. The molecule has 3 aromatic rings. The summed E-state index contributed by atoms with van der Waals surface area (Å²) >= 11 is 4.29. The van der Waals surface area contributed by atoms with E-state index in [1.165, 1.54) is 6.08 Å². The SMILES string of the molecule is COc1cc(/C=C(/C#N)C(=O)Nc2ccccc2I)cc(I)c1OCc1ccccc1. The molecule has 1 amide bonds. The molecular weight excluding hydrogens is 618 g/mol. The number of hydrogen-bond acceptors (Lipinski definition) is 4. The Bertz CT molecular complexity index is 1160. The predicted octanol–water partition coefficient (Wildman–Crippen LogP) is 6.03. The molecule has 0 saturated carbocycles. The molecule has 31 heavy (non-hydrogen) atoms. The Kier molecular flexibility index (Phi) is 8.31. The zero-order valence-corrected chi connectivity index (χ0v) is 20.9. The lowest BCUT2D eigenvalue weighted by Gasteiger charge is -2.14. The smallest absolute Gasteiger partial charge is 0.266 e. The Labute approximate surface area is 208 Å². The van der Waals surface area contributed by atoms with Crippen LogP contribution >= 0.6 is 45.2 Å². The molecule has 5 nitrogen and oxygen atoms in total. The topological polar surface area (TPSA) is 71.3 Å². The maximum Gasteiger partial charge on any atom is 0.266 e. The molecular formula is C24H18I2N2O3. The van der Waals surface area contributed by atoms with Gasteiger partial charge in [-0.05, 0) is 86.7 Å². The van der Waals surface area contributed by atoms with Gasteiger partial charge in [0, 0.05) is 3.57 Å². The van der Waals surface area contributed by atoms with Crippen molar-refractivity contribution in [3.63, 3.8) is 0 Å². The molecule has 0 aliphatic rings. The van der Waals surface area contributed by atoms with Crippen molar-refractivity contribution >= 4 is 62.9 Å². The van der Waals surface area contributed by atoms with Crippen LogP contribution in [0.15, 0.2) is 72.3 Å². The quantitative estimate of drug-likeness (QED) is 0.196. The summed E-state index contributed by atoms with van der Waals surface area (Å²) in [5, 5.41) is 12.3. The van der Waals surface area contributed by atoms with Gasteiger partial charge in [-0.15, -0.1) is 0 Å². The highest BCUT2D eigenvalue weighted by Gasteiger charge is 2.15. The summed E-state index contributed by atoms with van der Waals surface area (Å²) in [6.45, 7) is 0.407. The fraction of sp³-hybridized carbons (Fsp3) is 0.0833. The van der Waals surface area contributed by atoms with Crippen molar-refractivity contribution in [3.05, 3.63) is 90.6 Å². The molecule has 0 fully saturated rings. The maximum atomic E-state index is 12.6. The maximum absolute atomic E-state index is 12.6. The van der Waals surface area contributed by atoms with Crippen LogP contribution in [0.2, 0.25) is 0 Å². The van der Waals surface area contributed by atoms with Crippen LogP contribution in [0.4, 0.5) is 5.69 Å². The van der Waals surface area contributed by atoms with Crippen molar-refractivity contribution in [1.29, 1.82) is 5.26 Å². The average Bonchev–Trinajstić information content (AvgIpc) is 2.78. The van der Waals surface area contributed by atoms with Gasteiger partial charge >= 0.3 is 0 Å². The number of amides is 1. The first-order valence-corrected chi connectivity index (χ1v) is 11.4. The van der Waals surface area contributed by atoms with E-state index in [0.717, 1.165) is 12.7 Å². The number of para-hydroxylation sites is 1. The van der Waals surface area contributed by atoms with Gasteiger partial charge in [-0.2, -0.15) is 5.26 Å². The number of carbonyl (C=O) groups is 1. The summed E-state index contributed by atoms with van der Waals surface area (Å²) in [5.41, 5.74) is 2.37. The molecule has 0 saturated heterocycles. The molecule has 0 aromatic heterocycles. The molecule has 156 valence electrons. The minimum atomic E-state index is -0.468. The van der Waals surface area contributed by atoms with E-state index in [-0.39, 0.29) is 5.57 Å². The standard InChI is InChI=1S/C24H18I2N2O3/c1-30-22-13-17(12-20(26)23(22)31-15-16-7-3-2-4-8-16)11-18(14-27)24(29)28-21-10-6-5-9-19(21)25/h2-13H,15H2,1H3,(H,28,29)/b18-11-. The van der Waals surface area contributed by atoms with Crippen molar-refractivity contribution in [2.75, 3.05) is 12.4 Å². The molecule has 0 aliphatic carbocycles. The lowest BCUT2D eigenvalue weighted by Crippen LogP contribution is -2.14. The molecule has 1 N–H and O–H groups in total. The largest absolute Gasteiger partial charge is 0.493 e. The molecule has 0 spiro atoms. The number of benzene rings is 3. The number of methoxy groups -OCH3 is 1. The lowest BCUT2D eigenvalue weighted by molar-refractivity contribution is -0.112. The Morgan fingerprint density at radius 3 is 2.45 bits per heavy atom. The van der Waals surface area contributed by atoms with Crippen LogP contribution in [0.5, 0.6) is 11.5 Å². The van der Waals surface area contributed by atoms with Crippen molar-refractivity contribution in [1.82, 2.24) is 0 Å². The van der Waals surface area contributed by atoms with Gasteiger partial charge in [-0.25, -0.2) is 0 Å². The molecule has 0 heterocycles. The van der Waals surface area contributed by atoms with Gasteiger partial charge in [0.05, 0.1) is 16.4 Å². The van der Waals surface area contributed by atoms with Crippen LogP contribution in [0.1, 0.15) is 11.1 Å². The Balaban J connectivity index is 1.83. The highest BCUT2D eigenvalue weighted by atomic mass is 127. The zero-order chi connectivity index (χ0) is 22.2. The number of carbonyl (C=O) groups excluding carboxylic acids is 1. The number of anilines is 1. The fourth-order valence-corrected chi connectivity index (χ4v) is 4.06. The second-order valence-electron chi connectivity index (χ2n) is 6.41. The first-order chi connectivity index (χ1) is 15.0. The summed E-state index contributed by atoms with van der Waals surface area (Å²) in [4.78, 5) is 12.6. The van der Waals surface area contributed by atoms with E-state index in [1.807, 2.05) is 60.7 Å². The summed E-state index contributed by atoms with van der Waals surface area (Å²) in [6.07, 6.45) is 1.54. The van der Waals surface area contributed by atoms with Gasteiger partial charge in [-0.1, -0.05) is 42.5 Å². The fourth-order valence-electron chi connectivity index (χ4n) is 2.76. The van der Waals surface area contributed by atoms with Crippen LogP contribution in [-0.2, 0) is 11.4 Å². The molecule has 0 atom stereocenters. The van der Waals surface area contributed by atoms with E-state index >= 15 is 0 Å². The van der Waals surface area contributed by atoms with Gasteiger partial charge in [0.1, 0.15) is 18.2 Å². The summed E-state index contributed by atoms with van der Waals surface area (Å²) < 4.78 is 13.2. The van der Waals surface area contributed by atoms with Gasteiger partial charge in [0.2, 0.25) is 0 Å². The first-order valence-electron chi connectivity index (χ1n) is 9.23. The van der Waals surface area contributed by atoms with Gasteiger partial charge < -0.3 is 14.8 Å². The van der Waals surface area contributed by atoms with E-state index in [2.05, 4.69) is 50.5 Å². The van der Waals surface area contributed by atoms with Crippen molar-refractivity contribution < 1.29 is 14.3 Å². The van der Waals surface area contributed by atoms with Crippen LogP contribution in [-0.4, -0.2) is 13.0 Å². The molecule has 0 unspecified atom stereocenters. The van der Waals surface area contributed by atoms with Crippen molar-refractivity contribution in [2.24, 2.45) is 0 Å². The minimum absolute atomic E-state index is 0.00420. The normalized spacial score (nSPS) is 10.8. The van der Waals surface area contributed by atoms with E-state index in [4.69, 9.17) is 9.47 Å². The highest BCUT2D eigenvalue weighted by molar-refractivity contribution is 14.1. The van der Waals surface area contributed by atoms with Crippen molar-refractivity contribution in [3.8, 4) is 17.6 Å². The van der Waals surface area contributed by atoms with Crippen LogP contribution in [0.25, 0.3) is 6.08 Å². The first kappa shape index (κ1) is 23.1. The third-order valence-electron chi connectivity index (χ3n) is 4.28. The van der Waals surface area contributed by atoms with Gasteiger partial charge in [-0.3, -0.25) is 4.79 Å². The van der Waals surface area contributed by atoms with Gasteiger partial charge in [0.15, 0.2) is 11.5 Å². The number of nitrogens with zero attached hydrogens (tertiary/aromatic N) is 1. The van der Waals surface area contributed by atoms with E-state index < -0.39 is 5.91 Å². The Morgan fingerprint density at radius 2 is 1.77 bits per heavy atom. The second kappa shape index (κ2) is 11.2. The number of rotatable bonds is 7. The monoisotopic (exact) mass is 636 g/mol. The Morgan fingerprint density at radius 1 is 1.06 bits per heavy atom. The average molecular weight is 636 g/mol. The summed E-state index contributed by atoms with van der Waals surface area (Å²) in [6, 6.07) is 22.8. The number of nitriles is 1. The lowest BCUT2D eigenvalue weighted by atomic mass is 10.1. The molecule has 7 heteroatoms. The van der Waals surface area contributed by atoms with E-state index in [0.29, 0.717) is 29.4 Å². The van der Waals surface area contributed by atoms with Crippen molar-refractivity contribution in [2.45, 2.75) is 6.61 Å². The molecule has 3 rings (SSSR count). The highest BCUT2D eigenvalue weighted by Crippen LogP contribution is 2.35. The molecule has 3 aromatic carbocycles. The van der Waals surface area contributed by atoms with E-state index in [1.54, 1.807) is 19.2 Å². The summed E-state index contributed by atoms with van der Waals surface area (Å²) in [7, 11) is 1.56. The molecule has 0 radical (unpaired) electrons. The number of nitrogens with one attached hydrogen (secondary N) is 1. The van der Waals surface area contributed by atoms with Crippen LogP contribution in [0.3, 0.4) is 0 Å². The third-order valence-corrected chi connectivity index (χ3v) is 6.02.